The molecule has 2 nitrogen and oxygen atoms in total. The van der Waals surface area contributed by atoms with Crippen LogP contribution in [-0.2, 0) is 4.79 Å². The average molecular weight is 316 g/mol. The third-order valence-electron chi connectivity index (χ3n) is 8.62. The Morgan fingerprint density at radius 1 is 1.09 bits per heavy atom. The van der Waals surface area contributed by atoms with Gasteiger partial charge in [0.05, 0.1) is 6.10 Å². The SMILES string of the molecule is C[C@H](O)[C@H]1CC[C@H]2[C@H]3CCC4=CC(=O)CC[C@@]4(C)[C@@H]3CC[C@]12C. The molecule has 0 bridgehead atoms. The molecule has 23 heavy (non-hydrogen) atoms. The molecule has 7 atom stereocenters. The monoisotopic (exact) mass is 316 g/mol. The predicted molar refractivity (Wildman–Crippen MR) is 91.9 cm³/mol. The quantitative estimate of drug-likeness (QED) is 0.772. The summed E-state index contributed by atoms with van der Waals surface area (Å²) in [7, 11) is 0. The Morgan fingerprint density at radius 3 is 2.61 bits per heavy atom. The average Bonchev–Trinajstić information content (AvgIpc) is 2.85. The lowest BCUT2D eigenvalue weighted by Crippen LogP contribution is -2.51. The van der Waals surface area contributed by atoms with Crippen molar-refractivity contribution in [1.82, 2.24) is 0 Å². The van der Waals surface area contributed by atoms with E-state index < -0.39 is 0 Å². The Morgan fingerprint density at radius 2 is 1.87 bits per heavy atom. The van der Waals surface area contributed by atoms with Gasteiger partial charge < -0.3 is 5.11 Å². The number of rotatable bonds is 1. The molecule has 1 N–H and O–H groups in total. The summed E-state index contributed by atoms with van der Waals surface area (Å²) < 4.78 is 0. The predicted octanol–water partition coefficient (Wildman–Crippen LogP) is 4.52. The fraction of sp³-hybridized carbons (Fsp3) is 0.857. The molecule has 0 spiro atoms. The lowest BCUT2D eigenvalue weighted by molar-refractivity contribution is -0.117. The summed E-state index contributed by atoms with van der Waals surface area (Å²) in [6.07, 6.45) is 11.1. The minimum atomic E-state index is -0.163. The van der Waals surface area contributed by atoms with Gasteiger partial charge in [-0.1, -0.05) is 19.4 Å². The van der Waals surface area contributed by atoms with Crippen LogP contribution in [-0.4, -0.2) is 17.0 Å². The first kappa shape index (κ1) is 15.9. The number of carbonyl (C=O) groups is 1. The highest BCUT2D eigenvalue weighted by atomic mass is 16.3. The summed E-state index contributed by atoms with van der Waals surface area (Å²) in [5, 5.41) is 10.3. The van der Waals surface area contributed by atoms with Crippen LogP contribution in [0.25, 0.3) is 0 Å². The molecule has 3 saturated carbocycles. The number of carbonyl (C=O) groups excluding carboxylic acids is 1. The van der Waals surface area contributed by atoms with E-state index in [1.54, 1.807) is 0 Å². The van der Waals surface area contributed by atoms with Gasteiger partial charge in [-0.15, -0.1) is 0 Å². The fourth-order valence-corrected chi connectivity index (χ4v) is 7.39. The maximum absolute atomic E-state index is 11.9. The van der Waals surface area contributed by atoms with Gasteiger partial charge in [0.15, 0.2) is 5.78 Å². The van der Waals surface area contributed by atoms with Crippen molar-refractivity contribution >= 4 is 5.78 Å². The Kier molecular flexibility index (Phi) is 3.58. The van der Waals surface area contributed by atoms with E-state index in [1.165, 1.54) is 37.7 Å². The molecule has 0 amide bonds. The molecule has 0 aromatic carbocycles. The molecule has 0 saturated heterocycles. The molecule has 4 rings (SSSR count). The zero-order valence-electron chi connectivity index (χ0n) is 15.0. The highest BCUT2D eigenvalue weighted by Gasteiger charge is 2.59. The van der Waals surface area contributed by atoms with Gasteiger partial charge in [-0.05, 0) is 92.4 Å². The maximum atomic E-state index is 11.9. The summed E-state index contributed by atoms with van der Waals surface area (Å²) >= 11 is 0. The largest absolute Gasteiger partial charge is 0.393 e. The molecule has 3 fully saturated rings. The summed E-state index contributed by atoms with van der Waals surface area (Å²) in [5.41, 5.74) is 2.09. The smallest absolute Gasteiger partial charge is 0.155 e. The van der Waals surface area contributed by atoms with Crippen molar-refractivity contribution < 1.29 is 9.90 Å². The van der Waals surface area contributed by atoms with Crippen LogP contribution in [0.5, 0.6) is 0 Å². The minimum Gasteiger partial charge on any atom is -0.393 e. The van der Waals surface area contributed by atoms with E-state index in [0.29, 0.717) is 17.1 Å². The summed E-state index contributed by atoms with van der Waals surface area (Å²) in [4.78, 5) is 11.9. The molecule has 0 unspecified atom stereocenters. The van der Waals surface area contributed by atoms with Crippen LogP contribution in [0.2, 0.25) is 0 Å². The Labute approximate surface area is 140 Å². The fourth-order valence-electron chi connectivity index (χ4n) is 7.39. The van der Waals surface area contributed by atoms with E-state index in [-0.39, 0.29) is 11.5 Å². The van der Waals surface area contributed by atoms with Gasteiger partial charge in [0.1, 0.15) is 0 Å². The van der Waals surface area contributed by atoms with Crippen molar-refractivity contribution in [3.05, 3.63) is 11.6 Å². The number of aliphatic hydroxyl groups is 1. The van der Waals surface area contributed by atoms with Crippen LogP contribution < -0.4 is 0 Å². The van der Waals surface area contributed by atoms with Gasteiger partial charge in [-0.3, -0.25) is 4.79 Å². The van der Waals surface area contributed by atoms with Crippen LogP contribution in [0.4, 0.5) is 0 Å². The van der Waals surface area contributed by atoms with Gasteiger partial charge in [0.25, 0.3) is 0 Å². The normalized spacial score (nSPS) is 50.6. The third kappa shape index (κ3) is 2.13. The zero-order chi connectivity index (χ0) is 16.4. The van der Waals surface area contributed by atoms with Crippen LogP contribution >= 0.6 is 0 Å². The lowest BCUT2D eigenvalue weighted by atomic mass is 9.46. The second-order valence-electron chi connectivity index (χ2n) is 9.44. The number of hydrogen-bond acceptors (Lipinski definition) is 2. The summed E-state index contributed by atoms with van der Waals surface area (Å²) in [6, 6.07) is 0. The number of allylic oxidation sites excluding steroid dienone is 1. The molecule has 0 radical (unpaired) electrons. The first-order valence-corrected chi connectivity index (χ1v) is 9.78. The highest BCUT2D eigenvalue weighted by Crippen LogP contribution is 2.66. The van der Waals surface area contributed by atoms with Crippen molar-refractivity contribution in [1.29, 1.82) is 0 Å². The highest BCUT2D eigenvalue weighted by molar-refractivity contribution is 5.91. The summed E-state index contributed by atoms with van der Waals surface area (Å²) in [6.45, 7) is 6.92. The molecule has 4 aliphatic rings. The van der Waals surface area contributed by atoms with Crippen LogP contribution in [0.3, 0.4) is 0 Å². The van der Waals surface area contributed by atoms with E-state index in [4.69, 9.17) is 0 Å². The van der Waals surface area contributed by atoms with E-state index >= 15 is 0 Å². The van der Waals surface area contributed by atoms with Crippen molar-refractivity contribution in [2.45, 2.75) is 78.2 Å². The van der Waals surface area contributed by atoms with Gasteiger partial charge in [-0.25, -0.2) is 0 Å². The Balaban J connectivity index is 1.66. The standard InChI is InChI=1S/C21H32O2/c1-13(22)17-6-7-18-16-5-4-14-12-15(23)8-10-20(14,2)19(16)9-11-21(17,18)3/h12-13,16-19,22H,4-11H2,1-3H3/t13-,16+,17+,18-,19+,20+,21+/m0/s1. The van der Waals surface area contributed by atoms with Crippen molar-refractivity contribution in [3.63, 3.8) is 0 Å². The van der Waals surface area contributed by atoms with Gasteiger partial charge >= 0.3 is 0 Å². The third-order valence-corrected chi connectivity index (χ3v) is 8.62. The van der Waals surface area contributed by atoms with E-state index in [9.17, 15) is 9.90 Å². The zero-order valence-corrected chi connectivity index (χ0v) is 15.0. The van der Waals surface area contributed by atoms with Crippen molar-refractivity contribution in [2.75, 3.05) is 0 Å². The van der Waals surface area contributed by atoms with E-state index in [1.807, 2.05) is 13.0 Å². The van der Waals surface area contributed by atoms with E-state index in [2.05, 4.69) is 13.8 Å². The molecule has 128 valence electrons. The first-order chi connectivity index (χ1) is 10.9. The molecular weight excluding hydrogens is 284 g/mol. The number of fused-ring (bicyclic) bond motifs is 5. The van der Waals surface area contributed by atoms with Gasteiger partial charge in [0, 0.05) is 6.42 Å². The Bertz CT molecular complexity index is 548. The van der Waals surface area contributed by atoms with Crippen molar-refractivity contribution in [3.8, 4) is 0 Å². The van der Waals surface area contributed by atoms with Crippen LogP contribution in [0.15, 0.2) is 11.6 Å². The second kappa shape index (κ2) is 5.18. The molecule has 4 aliphatic carbocycles. The number of aliphatic hydroxyl groups excluding tert-OH is 1. The van der Waals surface area contributed by atoms with Gasteiger partial charge in [-0.2, -0.15) is 0 Å². The number of ketones is 1. The first-order valence-electron chi connectivity index (χ1n) is 9.78. The second-order valence-corrected chi connectivity index (χ2v) is 9.44. The molecule has 0 heterocycles. The van der Waals surface area contributed by atoms with Gasteiger partial charge in [0.2, 0.25) is 0 Å². The Hall–Kier alpha value is -0.630. The molecular formula is C21H32O2. The van der Waals surface area contributed by atoms with E-state index in [0.717, 1.165) is 37.0 Å². The summed E-state index contributed by atoms with van der Waals surface area (Å²) in [5.74, 6) is 3.21. The number of hydrogen-bond donors (Lipinski definition) is 1. The maximum Gasteiger partial charge on any atom is 0.155 e. The minimum absolute atomic E-state index is 0.163. The molecule has 0 aliphatic heterocycles. The molecule has 2 heteroatoms. The lowest BCUT2D eigenvalue weighted by Gasteiger charge is -2.58. The van der Waals surface area contributed by atoms with Crippen LogP contribution in [0, 0.1) is 34.5 Å². The molecule has 0 aromatic heterocycles. The topological polar surface area (TPSA) is 37.3 Å². The molecule has 0 aromatic rings. The van der Waals surface area contributed by atoms with Crippen molar-refractivity contribution in [2.24, 2.45) is 34.5 Å². The van der Waals surface area contributed by atoms with Crippen LogP contribution in [0.1, 0.15) is 72.1 Å².